The highest BCUT2D eigenvalue weighted by molar-refractivity contribution is 5.16. The standard InChI is InChI=1S/C9H15NO/c1-7-3-2-4-8-5-10-6-11-9(7)8/h4,7,9-10H,2-3,5-6H2,1H3. The third-order valence-electron chi connectivity index (χ3n) is 2.60. The zero-order valence-corrected chi connectivity index (χ0v) is 6.97. The lowest BCUT2D eigenvalue weighted by Crippen LogP contribution is -2.40. The van der Waals surface area contributed by atoms with Gasteiger partial charge < -0.3 is 4.74 Å². The van der Waals surface area contributed by atoms with E-state index in [-0.39, 0.29) is 0 Å². The van der Waals surface area contributed by atoms with E-state index in [2.05, 4.69) is 18.3 Å². The minimum atomic E-state index is 0.421. The average Bonchev–Trinajstić information content (AvgIpc) is 2.06. The van der Waals surface area contributed by atoms with Crippen molar-refractivity contribution in [2.45, 2.75) is 25.9 Å². The number of ether oxygens (including phenoxy) is 1. The molecule has 1 aliphatic carbocycles. The van der Waals surface area contributed by atoms with Gasteiger partial charge >= 0.3 is 0 Å². The van der Waals surface area contributed by atoms with Crippen LogP contribution in [0.4, 0.5) is 0 Å². The van der Waals surface area contributed by atoms with Crippen molar-refractivity contribution < 1.29 is 4.74 Å². The Bertz CT molecular complexity index is 176. The molecule has 2 nitrogen and oxygen atoms in total. The fourth-order valence-electron chi connectivity index (χ4n) is 1.95. The molecule has 0 radical (unpaired) electrons. The molecule has 0 saturated carbocycles. The van der Waals surface area contributed by atoms with Gasteiger partial charge in [0.1, 0.15) is 0 Å². The minimum Gasteiger partial charge on any atom is -0.358 e. The highest BCUT2D eigenvalue weighted by Crippen LogP contribution is 2.27. The first kappa shape index (κ1) is 7.32. The first-order valence-electron chi connectivity index (χ1n) is 4.39. The van der Waals surface area contributed by atoms with E-state index in [1.165, 1.54) is 18.4 Å². The van der Waals surface area contributed by atoms with E-state index >= 15 is 0 Å². The smallest absolute Gasteiger partial charge is 0.0976 e. The lowest BCUT2D eigenvalue weighted by atomic mass is 9.86. The van der Waals surface area contributed by atoms with Crippen LogP contribution < -0.4 is 5.32 Å². The Morgan fingerprint density at radius 3 is 3.36 bits per heavy atom. The van der Waals surface area contributed by atoms with E-state index in [9.17, 15) is 0 Å². The SMILES string of the molecule is CC1CCC=C2CNCOC21. The molecule has 1 fully saturated rings. The molecule has 0 aromatic heterocycles. The Hall–Kier alpha value is -0.340. The van der Waals surface area contributed by atoms with Crippen LogP contribution in [-0.4, -0.2) is 19.4 Å². The molecule has 2 atom stereocenters. The van der Waals surface area contributed by atoms with E-state index in [0.717, 1.165) is 19.2 Å². The van der Waals surface area contributed by atoms with Crippen LogP contribution in [0.15, 0.2) is 11.6 Å². The summed E-state index contributed by atoms with van der Waals surface area (Å²) in [4.78, 5) is 0. The zero-order valence-electron chi connectivity index (χ0n) is 6.97. The van der Waals surface area contributed by atoms with Gasteiger partial charge in [-0.05, 0) is 24.3 Å². The quantitative estimate of drug-likeness (QED) is 0.529. The van der Waals surface area contributed by atoms with E-state index < -0.39 is 0 Å². The molecule has 1 heterocycles. The molecule has 2 aliphatic rings. The van der Waals surface area contributed by atoms with Crippen LogP contribution in [0.2, 0.25) is 0 Å². The van der Waals surface area contributed by atoms with Gasteiger partial charge in [-0.1, -0.05) is 13.0 Å². The molecule has 0 amide bonds. The third-order valence-corrected chi connectivity index (χ3v) is 2.60. The largest absolute Gasteiger partial charge is 0.358 e. The van der Waals surface area contributed by atoms with Crippen molar-refractivity contribution >= 4 is 0 Å². The number of fused-ring (bicyclic) bond motifs is 1. The number of allylic oxidation sites excluding steroid dienone is 1. The van der Waals surface area contributed by atoms with Gasteiger partial charge in [0.25, 0.3) is 0 Å². The minimum absolute atomic E-state index is 0.421. The van der Waals surface area contributed by atoms with Crippen molar-refractivity contribution in [1.82, 2.24) is 5.32 Å². The van der Waals surface area contributed by atoms with Crippen LogP contribution in [0.25, 0.3) is 0 Å². The van der Waals surface area contributed by atoms with Crippen LogP contribution >= 0.6 is 0 Å². The lowest BCUT2D eigenvalue weighted by molar-refractivity contribution is 0.00459. The Morgan fingerprint density at radius 1 is 1.64 bits per heavy atom. The molecule has 0 aromatic rings. The summed E-state index contributed by atoms with van der Waals surface area (Å²) in [6.45, 7) is 4.05. The summed E-state index contributed by atoms with van der Waals surface area (Å²) in [5, 5.41) is 3.21. The van der Waals surface area contributed by atoms with Gasteiger partial charge in [-0.3, -0.25) is 5.32 Å². The van der Waals surface area contributed by atoms with Crippen molar-refractivity contribution in [3.05, 3.63) is 11.6 Å². The molecule has 11 heavy (non-hydrogen) atoms. The summed E-state index contributed by atoms with van der Waals surface area (Å²) in [7, 11) is 0. The maximum atomic E-state index is 5.61. The molecule has 1 saturated heterocycles. The van der Waals surface area contributed by atoms with Crippen LogP contribution in [0.5, 0.6) is 0 Å². The molecule has 1 aliphatic heterocycles. The maximum Gasteiger partial charge on any atom is 0.0976 e. The average molecular weight is 153 g/mol. The Labute approximate surface area is 67.6 Å². The molecule has 62 valence electrons. The Balaban J connectivity index is 2.13. The summed E-state index contributed by atoms with van der Waals surface area (Å²) in [5.41, 5.74) is 1.47. The predicted octanol–water partition coefficient (Wildman–Crippen LogP) is 1.29. The topological polar surface area (TPSA) is 21.3 Å². The first-order chi connectivity index (χ1) is 5.38. The van der Waals surface area contributed by atoms with Gasteiger partial charge in [0, 0.05) is 6.54 Å². The lowest BCUT2D eigenvalue weighted by Gasteiger charge is -2.34. The number of hydrogen-bond donors (Lipinski definition) is 1. The van der Waals surface area contributed by atoms with Crippen molar-refractivity contribution in [3.63, 3.8) is 0 Å². The molecule has 0 bridgehead atoms. The van der Waals surface area contributed by atoms with Gasteiger partial charge in [-0.25, -0.2) is 0 Å². The molecule has 2 unspecified atom stereocenters. The molecule has 2 heteroatoms. The molecular formula is C9H15NO. The zero-order chi connectivity index (χ0) is 7.68. The predicted molar refractivity (Wildman–Crippen MR) is 44.2 cm³/mol. The maximum absolute atomic E-state index is 5.61. The first-order valence-corrected chi connectivity index (χ1v) is 4.39. The van der Waals surface area contributed by atoms with Crippen molar-refractivity contribution in [1.29, 1.82) is 0 Å². The molecular weight excluding hydrogens is 138 g/mol. The molecule has 0 spiro atoms. The van der Waals surface area contributed by atoms with E-state index in [1.54, 1.807) is 0 Å². The summed E-state index contributed by atoms with van der Waals surface area (Å²) < 4.78 is 5.61. The highest BCUT2D eigenvalue weighted by atomic mass is 16.5. The monoisotopic (exact) mass is 153 g/mol. The van der Waals surface area contributed by atoms with Gasteiger partial charge in [0.05, 0.1) is 12.8 Å². The highest BCUT2D eigenvalue weighted by Gasteiger charge is 2.27. The van der Waals surface area contributed by atoms with Gasteiger partial charge in [0.2, 0.25) is 0 Å². The van der Waals surface area contributed by atoms with E-state index in [1.807, 2.05) is 0 Å². The summed E-state index contributed by atoms with van der Waals surface area (Å²) in [6, 6.07) is 0. The van der Waals surface area contributed by atoms with Crippen molar-refractivity contribution in [3.8, 4) is 0 Å². The molecule has 2 rings (SSSR count). The fourth-order valence-corrected chi connectivity index (χ4v) is 1.95. The van der Waals surface area contributed by atoms with Crippen molar-refractivity contribution in [2.75, 3.05) is 13.3 Å². The van der Waals surface area contributed by atoms with Gasteiger partial charge in [0.15, 0.2) is 0 Å². The van der Waals surface area contributed by atoms with Crippen LogP contribution in [0.1, 0.15) is 19.8 Å². The van der Waals surface area contributed by atoms with Crippen LogP contribution in [-0.2, 0) is 4.74 Å². The van der Waals surface area contributed by atoms with E-state index in [0.29, 0.717) is 6.10 Å². The second kappa shape index (κ2) is 2.95. The Kier molecular flexibility index (Phi) is 1.96. The number of nitrogens with one attached hydrogen (secondary N) is 1. The van der Waals surface area contributed by atoms with E-state index in [4.69, 9.17) is 4.74 Å². The Morgan fingerprint density at radius 2 is 2.55 bits per heavy atom. The third kappa shape index (κ3) is 1.33. The molecule has 1 N–H and O–H groups in total. The number of hydrogen-bond acceptors (Lipinski definition) is 2. The normalized spacial score (nSPS) is 37.7. The van der Waals surface area contributed by atoms with Crippen molar-refractivity contribution in [2.24, 2.45) is 5.92 Å². The number of rotatable bonds is 0. The summed E-state index contributed by atoms with van der Waals surface area (Å²) in [6.07, 6.45) is 5.27. The van der Waals surface area contributed by atoms with Gasteiger partial charge in [-0.15, -0.1) is 0 Å². The molecule has 0 aromatic carbocycles. The van der Waals surface area contributed by atoms with Crippen LogP contribution in [0.3, 0.4) is 0 Å². The van der Waals surface area contributed by atoms with Crippen LogP contribution in [0, 0.1) is 5.92 Å². The summed E-state index contributed by atoms with van der Waals surface area (Å²) >= 11 is 0. The fraction of sp³-hybridized carbons (Fsp3) is 0.778. The second-order valence-corrected chi connectivity index (χ2v) is 3.49. The summed E-state index contributed by atoms with van der Waals surface area (Å²) in [5.74, 6) is 0.720. The second-order valence-electron chi connectivity index (χ2n) is 3.49. The van der Waals surface area contributed by atoms with Gasteiger partial charge in [-0.2, -0.15) is 0 Å².